The fraction of sp³-hybridized carbons (Fsp3) is 0.625. The molecule has 0 fully saturated rings. The Morgan fingerprint density at radius 2 is 1.94 bits per heavy atom. The van der Waals surface area contributed by atoms with Gasteiger partial charge in [-0.3, -0.25) is 0 Å². The summed E-state index contributed by atoms with van der Waals surface area (Å²) in [6.07, 6.45) is 1.25. The van der Waals surface area contributed by atoms with Crippen molar-refractivity contribution in [3.8, 4) is 0 Å². The smallest absolute Gasteiger partial charge is 0.0414 e. The van der Waals surface area contributed by atoms with Crippen molar-refractivity contribution in [3.63, 3.8) is 0 Å². The lowest BCUT2D eigenvalue weighted by Crippen LogP contribution is -2.24. The van der Waals surface area contributed by atoms with Gasteiger partial charge in [0.2, 0.25) is 0 Å². The lowest BCUT2D eigenvalue weighted by Gasteiger charge is -2.22. The summed E-state index contributed by atoms with van der Waals surface area (Å²) in [5, 5.41) is 4.37. The number of thioether (sulfide) groups is 1. The summed E-state index contributed by atoms with van der Waals surface area (Å²) >= 11 is 2.07. The lowest BCUT2D eigenvalue weighted by atomic mass is 10.00. The highest BCUT2D eigenvalue weighted by atomic mass is 32.2. The molecule has 0 aliphatic heterocycles. The van der Waals surface area contributed by atoms with Gasteiger partial charge < -0.3 is 5.32 Å². The van der Waals surface area contributed by atoms with Crippen molar-refractivity contribution in [1.29, 1.82) is 0 Å². The Morgan fingerprint density at radius 1 is 1.22 bits per heavy atom. The number of hydrogen-bond donors (Lipinski definition) is 1. The highest BCUT2D eigenvalue weighted by Crippen LogP contribution is 2.25. The minimum absolute atomic E-state index is 0.480. The molecule has 0 heterocycles. The van der Waals surface area contributed by atoms with Crippen LogP contribution in [-0.4, -0.2) is 17.5 Å². The summed E-state index contributed by atoms with van der Waals surface area (Å²) in [6.45, 7) is 12.2. The molecule has 0 saturated carbocycles. The van der Waals surface area contributed by atoms with Crippen LogP contribution in [0.5, 0.6) is 0 Å². The van der Waals surface area contributed by atoms with Crippen LogP contribution in [0.25, 0.3) is 0 Å². The first-order valence-corrected chi connectivity index (χ1v) is 8.05. The van der Waals surface area contributed by atoms with Gasteiger partial charge in [0.1, 0.15) is 0 Å². The first kappa shape index (κ1) is 15.6. The maximum absolute atomic E-state index is 3.63. The third-order valence-corrected chi connectivity index (χ3v) is 4.81. The van der Waals surface area contributed by atoms with Gasteiger partial charge in [0.25, 0.3) is 0 Å². The van der Waals surface area contributed by atoms with E-state index in [1.165, 1.54) is 23.1 Å². The van der Waals surface area contributed by atoms with E-state index in [9.17, 15) is 0 Å². The van der Waals surface area contributed by atoms with Gasteiger partial charge >= 0.3 is 0 Å². The highest BCUT2D eigenvalue weighted by molar-refractivity contribution is 7.99. The van der Waals surface area contributed by atoms with E-state index in [4.69, 9.17) is 0 Å². The van der Waals surface area contributed by atoms with Crippen LogP contribution in [0.2, 0.25) is 0 Å². The molecule has 0 bridgehead atoms. The van der Waals surface area contributed by atoms with E-state index < -0.39 is 0 Å². The summed E-state index contributed by atoms with van der Waals surface area (Å²) in [5.41, 5.74) is 4.22. The first-order valence-electron chi connectivity index (χ1n) is 7.00. The molecule has 1 nitrogen and oxygen atoms in total. The van der Waals surface area contributed by atoms with E-state index in [0.29, 0.717) is 6.04 Å². The fourth-order valence-electron chi connectivity index (χ4n) is 2.02. The van der Waals surface area contributed by atoms with E-state index in [0.717, 1.165) is 17.5 Å². The molecule has 18 heavy (non-hydrogen) atoms. The topological polar surface area (TPSA) is 12.0 Å². The largest absolute Gasteiger partial charge is 0.310 e. The molecule has 0 saturated heterocycles. The van der Waals surface area contributed by atoms with Crippen LogP contribution < -0.4 is 5.32 Å². The van der Waals surface area contributed by atoms with Crippen molar-refractivity contribution < 1.29 is 0 Å². The molecule has 1 N–H and O–H groups in total. The van der Waals surface area contributed by atoms with Crippen LogP contribution in [0.4, 0.5) is 0 Å². The van der Waals surface area contributed by atoms with E-state index in [1.807, 2.05) is 0 Å². The molecule has 1 rings (SSSR count). The predicted octanol–water partition coefficient (Wildman–Crippen LogP) is 4.49. The van der Waals surface area contributed by atoms with Gasteiger partial charge in [-0.1, -0.05) is 44.5 Å². The molecule has 0 aromatic heterocycles. The van der Waals surface area contributed by atoms with Crippen molar-refractivity contribution in [2.24, 2.45) is 0 Å². The van der Waals surface area contributed by atoms with Crippen LogP contribution >= 0.6 is 11.8 Å². The SMILES string of the molecule is CCNC(CSC(C)CC)c1cc(C)ccc1C. The zero-order chi connectivity index (χ0) is 13.5. The van der Waals surface area contributed by atoms with E-state index >= 15 is 0 Å². The number of rotatable bonds is 7. The summed E-state index contributed by atoms with van der Waals surface area (Å²) in [5.74, 6) is 1.16. The standard InChI is InChI=1S/C16H27NS/c1-6-14(5)18-11-16(17-7-2)15-10-12(3)8-9-13(15)4/h8-10,14,16-17H,6-7,11H2,1-5H3. The second-order valence-corrected chi connectivity index (χ2v) is 6.49. The Balaban J connectivity index is 2.79. The van der Waals surface area contributed by atoms with Crippen LogP contribution in [0.15, 0.2) is 18.2 Å². The van der Waals surface area contributed by atoms with Crippen LogP contribution in [0.1, 0.15) is 49.9 Å². The normalized spacial score (nSPS) is 14.5. The number of benzene rings is 1. The molecule has 0 aliphatic carbocycles. The van der Waals surface area contributed by atoms with Gasteiger partial charge in [0.05, 0.1) is 0 Å². The number of nitrogens with one attached hydrogen (secondary N) is 1. The molecule has 0 radical (unpaired) electrons. The molecule has 2 atom stereocenters. The second-order valence-electron chi connectivity index (χ2n) is 5.02. The Kier molecular flexibility index (Phi) is 6.80. The molecule has 0 spiro atoms. The van der Waals surface area contributed by atoms with Crippen molar-refractivity contribution in [3.05, 3.63) is 34.9 Å². The van der Waals surface area contributed by atoms with Crippen LogP contribution in [0, 0.1) is 13.8 Å². The first-order chi connectivity index (χ1) is 8.58. The Hall–Kier alpha value is -0.470. The van der Waals surface area contributed by atoms with Gasteiger partial charge in [-0.25, -0.2) is 0 Å². The molecular weight excluding hydrogens is 238 g/mol. The zero-order valence-corrected chi connectivity index (χ0v) is 13.2. The molecule has 1 aromatic carbocycles. The van der Waals surface area contributed by atoms with Crippen molar-refractivity contribution >= 4 is 11.8 Å². The summed E-state index contributed by atoms with van der Waals surface area (Å²) in [7, 11) is 0. The molecule has 1 aromatic rings. The van der Waals surface area contributed by atoms with Gasteiger partial charge in [0, 0.05) is 17.0 Å². The minimum atomic E-state index is 0.480. The number of aryl methyl sites for hydroxylation is 2. The average molecular weight is 265 g/mol. The highest BCUT2D eigenvalue weighted by Gasteiger charge is 2.14. The van der Waals surface area contributed by atoms with Gasteiger partial charge in [0.15, 0.2) is 0 Å². The predicted molar refractivity (Wildman–Crippen MR) is 84.5 cm³/mol. The average Bonchev–Trinajstić information content (AvgIpc) is 2.37. The third-order valence-electron chi connectivity index (χ3n) is 3.38. The van der Waals surface area contributed by atoms with Crippen molar-refractivity contribution in [1.82, 2.24) is 5.32 Å². The minimum Gasteiger partial charge on any atom is -0.310 e. The van der Waals surface area contributed by atoms with Gasteiger partial charge in [-0.05, 0) is 37.9 Å². The van der Waals surface area contributed by atoms with E-state index in [1.54, 1.807) is 0 Å². The Labute approximate surface area is 117 Å². The fourth-order valence-corrected chi connectivity index (χ4v) is 3.07. The Morgan fingerprint density at radius 3 is 2.56 bits per heavy atom. The summed E-state index contributed by atoms with van der Waals surface area (Å²) < 4.78 is 0. The summed E-state index contributed by atoms with van der Waals surface area (Å²) in [6, 6.07) is 7.25. The molecular formula is C16H27NS. The van der Waals surface area contributed by atoms with Crippen LogP contribution in [0.3, 0.4) is 0 Å². The zero-order valence-electron chi connectivity index (χ0n) is 12.4. The Bertz CT molecular complexity index is 362. The monoisotopic (exact) mass is 265 g/mol. The van der Waals surface area contributed by atoms with Crippen LogP contribution in [-0.2, 0) is 0 Å². The molecule has 2 unspecified atom stereocenters. The third kappa shape index (κ3) is 4.66. The van der Waals surface area contributed by atoms with E-state index in [2.05, 4.69) is 69.9 Å². The molecule has 102 valence electrons. The quantitative estimate of drug-likeness (QED) is 0.780. The maximum atomic E-state index is 3.63. The van der Waals surface area contributed by atoms with E-state index in [-0.39, 0.29) is 0 Å². The lowest BCUT2D eigenvalue weighted by molar-refractivity contribution is 0.601. The maximum Gasteiger partial charge on any atom is 0.0414 e. The van der Waals surface area contributed by atoms with Crippen molar-refractivity contribution in [2.75, 3.05) is 12.3 Å². The van der Waals surface area contributed by atoms with Gasteiger partial charge in [-0.2, -0.15) is 11.8 Å². The molecule has 2 heteroatoms. The van der Waals surface area contributed by atoms with Crippen molar-refractivity contribution in [2.45, 2.75) is 52.3 Å². The molecule has 0 aliphatic rings. The van der Waals surface area contributed by atoms with Gasteiger partial charge in [-0.15, -0.1) is 0 Å². The second kappa shape index (κ2) is 7.85. The summed E-state index contributed by atoms with van der Waals surface area (Å²) in [4.78, 5) is 0. The number of hydrogen-bond acceptors (Lipinski definition) is 2. The molecule has 0 amide bonds.